The smallest absolute Gasteiger partial charge is 0.416 e. The fraction of sp³-hybridized carbons (Fsp3) is 0.395. The molecule has 286 valence electrons. The summed E-state index contributed by atoms with van der Waals surface area (Å²) in [6.45, 7) is 3.12. The van der Waals surface area contributed by atoms with Crippen LogP contribution in [0.25, 0.3) is 10.9 Å². The SMILES string of the molecule is C[N+](CCN)(CCN)CCC[C@H](N)C([O-])=N[C@@H](CCc1cccc(C(F)(F)F)c1)C([O-])=Nc1cc2ccccc2[n+](Cc2ccc(C(F)(F)F)cc2)c1. The van der Waals surface area contributed by atoms with E-state index in [9.17, 15) is 36.6 Å². The zero-order chi connectivity index (χ0) is 38.8. The Morgan fingerprint density at radius 2 is 1.43 bits per heavy atom. The number of fused-ring (bicyclic) bond motifs is 1. The fourth-order valence-electron chi connectivity index (χ4n) is 6.16. The van der Waals surface area contributed by atoms with Crippen LogP contribution in [-0.4, -0.2) is 68.1 Å². The second-order valence-electron chi connectivity index (χ2n) is 13.4. The van der Waals surface area contributed by atoms with Crippen LogP contribution in [0.1, 0.15) is 41.5 Å². The molecule has 6 N–H and O–H groups in total. The molecule has 15 heteroatoms. The van der Waals surface area contributed by atoms with Gasteiger partial charge in [-0.15, -0.1) is 0 Å². The molecule has 4 rings (SSSR count). The third kappa shape index (κ3) is 12.0. The number of nitrogens with two attached hydrogens (primary N) is 3. The first-order chi connectivity index (χ1) is 25.0. The Labute approximate surface area is 304 Å². The van der Waals surface area contributed by atoms with Gasteiger partial charge >= 0.3 is 12.4 Å². The van der Waals surface area contributed by atoms with Crippen LogP contribution in [0.2, 0.25) is 0 Å². The molecule has 2 atom stereocenters. The maximum absolute atomic E-state index is 13.8. The highest BCUT2D eigenvalue weighted by Crippen LogP contribution is 2.31. The summed E-state index contributed by atoms with van der Waals surface area (Å²) in [5.74, 6) is -1.53. The molecule has 0 unspecified atom stereocenters. The molecule has 1 aromatic heterocycles. The predicted octanol–water partition coefficient (Wildman–Crippen LogP) is 3.84. The van der Waals surface area contributed by atoms with Crippen LogP contribution in [0.5, 0.6) is 0 Å². The zero-order valence-corrected chi connectivity index (χ0v) is 29.4. The second kappa shape index (κ2) is 18.0. The quantitative estimate of drug-likeness (QED) is 0.0494. The van der Waals surface area contributed by atoms with Crippen LogP contribution in [0.3, 0.4) is 0 Å². The Morgan fingerprint density at radius 1 is 0.774 bits per heavy atom. The Kier molecular flexibility index (Phi) is 14.0. The van der Waals surface area contributed by atoms with E-state index in [2.05, 4.69) is 9.98 Å². The lowest BCUT2D eigenvalue weighted by Gasteiger charge is -2.34. The average molecular weight is 746 g/mol. The maximum atomic E-state index is 13.8. The molecule has 0 aliphatic rings. The van der Waals surface area contributed by atoms with Crippen molar-refractivity contribution < 1.29 is 45.6 Å². The summed E-state index contributed by atoms with van der Waals surface area (Å²) in [6, 6.07) is 15.8. The molecule has 0 fully saturated rings. The molecule has 0 aliphatic carbocycles. The van der Waals surface area contributed by atoms with Crippen molar-refractivity contribution in [3.8, 4) is 0 Å². The molecule has 4 aromatic rings. The topological polar surface area (TPSA) is 153 Å². The molecule has 0 radical (unpaired) electrons. The number of halogens is 6. The van der Waals surface area contributed by atoms with E-state index in [0.29, 0.717) is 60.1 Å². The number of aryl methyl sites for hydroxylation is 1. The van der Waals surface area contributed by atoms with E-state index in [-0.39, 0.29) is 31.5 Å². The summed E-state index contributed by atoms with van der Waals surface area (Å²) >= 11 is 0. The Hall–Kier alpha value is -4.57. The van der Waals surface area contributed by atoms with Gasteiger partial charge in [0.05, 0.1) is 43.9 Å². The first kappa shape index (κ1) is 41.2. The van der Waals surface area contributed by atoms with Gasteiger partial charge in [-0.3, -0.25) is 9.98 Å². The van der Waals surface area contributed by atoms with Crippen LogP contribution in [0, 0.1) is 0 Å². The van der Waals surface area contributed by atoms with Gasteiger partial charge in [0.15, 0.2) is 12.7 Å². The van der Waals surface area contributed by atoms with E-state index in [1.165, 1.54) is 24.3 Å². The van der Waals surface area contributed by atoms with Crippen molar-refractivity contribution in [2.75, 3.05) is 39.8 Å². The molecule has 0 aliphatic heterocycles. The molecule has 0 saturated carbocycles. The zero-order valence-electron chi connectivity index (χ0n) is 29.4. The molecule has 0 bridgehead atoms. The third-order valence-electron chi connectivity index (χ3n) is 9.11. The van der Waals surface area contributed by atoms with Crippen LogP contribution >= 0.6 is 0 Å². The predicted molar refractivity (Wildman–Crippen MR) is 189 cm³/mol. The number of hydrogen-bond acceptors (Lipinski definition) is 7. The van der Waals surface area contributed by atoms with Gasteiger partial charge in [0.1, 0.15) is 5.69 Å². The summed E-state index contributed by atoms with van der Waals surface area (Å²) in [6.07, 6.45) is -6.80. The highest BCUT2D eigenvalue weighted by Gasteiger charge is 2.31. The van der Waals surface area contributed by atoms with Crippen molar-refractivity contribution in [1.29, 1.82) is 0 Å². The number of alkyl halides is 6. The van der Waals surface area contributed by atoms with Gasteiger partial charge in [0, 0.05) is 36.1 Å². The van der Waals surface area contributed by atoms with Crippen LogP contribution in [0.4, 0.5) is 32.0 Å². The number of quaternary nitrogens is 1. The first-order valence-corrected chi connectivity index (χ1v) is 17.3. The number of rotatable bonds is 17. The van der Waals surface area contributed by atoms with E-state index >= 15 is 0 Å². The fourth-order valence-corrected chi connectivity index (χ4v) is 6.16. The largest absolute Gasteiger partial charge is 0.861 e. The lowest BCUT2D eigenvalue weighted by molar-refractivity contribution is -0.907. The number of aromatic nitrogens is 1. The van der Waals surface area contributed by atoms with Gasteiger partial charge < -0.3 is 31.9 Å². The Balaban J connectivity index is 1.64. The first-order valence-electron chi connectivity index (χ1n) is 17.3. The molecule has 0 saturated heterocycles. The van der Waals surface area contributed by atoms with E-state index in [0.717, 1.165) is 29.8 Å². The number of likely N-dealkylation sites (N-methyl/N-ethyl adjacent to an activating group) is 1. The minimum absolute atomic E-state index is 0.0124. The van der Waals surface area contributed by atoms with Gasteiger partial charge in [0.25, 0.3) is 0 Å². The normalized spacial score (nSPS) is 14.5. The third-order valence-corrected chi connectivity index (χ3v) is 9.11. The summed E-state index contributed by atoms with van der Waals surface area (Å²) in [5.41, 5.74) is 17.9. The molecule has 3 aromatic carbocycles. The number of nitrogens with zero attached hydrogens (tertiary/aromatic N) is 4. The van der Waals surface area contributed by atoms with E-state index < -0.39 is 47.4 Å². The lowest BCUT2D eigenvalue weighted by atomic mass is 10.0. The summed E-state index contributed by atoms with van der Waals surface area (Å²) in [7, 11) is 2.02. The number of pyridine rings is 1. The van der Waals surface area contributed by atoms with Crippen LogP contribution < -0.4 is 32.0 Å². The number of para-hydroxylation sites is 1. The number of hydrogen-bond donors (Lipinski definition) is 3. The van der Waals surface area contributed by atoms with Gasteiger partial charge in [-0.05, 0) is 73.4 Å². The minimum atomic E-state index is -4.57. The van der Waals surface area contributed by atoms with Gasteiger partial charge in [0.2, 0.25) is 5.52 Å². The Morgan fingerprint density at radius 3 is 2.08 bits per heavy atom. The van der Waals surface area contributed by atoms with Gasteiger partial charge in [-0.1, -0.05) is 42.5 Å². The lowest BCUT2D eigenvalue weighted by Crippen LogP contribution is -2.51. The molecular formula is C38H45F6N7O2. The average Bonchev–Trinajstić information content (AvgIpc) is 3.09. The van der Waals surface area contributed by atoms with Crippen molar-refractivity contribution in [2.24, 2.45) is 27.2 Å². The summed E-state index contributed by atoms with van der Waals surface area (Å²) in [5, 5.41) is 27.7. The monoisotopic (exact) mass is 745 g/mol. The van der Waals surface area contributed by atoms with Crippen molar-refractivity contribution in [1.82, 2.24) is 0 Å². The Bertz CT molecular complexity index is 1860. The van der Waals surface area contributed by atoms with Crippen molar-refractivity contribution in [3.63, 3.8) is 0 Å². The highest BCUT2D eigenvalue weighted by molar-refractivity contribution is 5.86. The van der Waals surface area contributed by atoms with E-state index in [1.54, 1.807) is 35.0 Å². The van der Waals surface area contributed by atoms with E-state index in [1.807, 2.05) is 13.1 Å². The summed E-state index contributed by atoms with van der Waals surface area (Å²) in [4.78, 5) is 8.43. The second-order valence-corrected chi connectivity index (χ2v) is 13.4. The molecule has 53 heavy (non-hydrogen) atoms. The standard InChI is InChI=1S/C38H45F6N7O2/c1-51(20-17-45,21-18-46)19-5-9-32(47)35(52)49-33(16-13-26-6-4-8-30(22-26)38(42,43)44)36(53)48-31-23-28-7-2-3-10-34(28)50(25-31)24-27-11-14-29(15-12-27)37(39,40)41/h2-4,6-8,10-12,14-15,22-23,25,32-33H,5,9,13,16-21,24,45-47H2,1H3/t32-,33-/m0/s1. The highest BCUT2D eigenvalue weighted by atomic mass is 19.4. The maximum Gasteiger partial charge on any atom is 0.416 e. The molecule has 1 heterocycles. The van der Waals surface area contributed by atoms with Crippen molar-refractivity contribution in [2.45, 2.75) is 56.7 Å². The minimum Gasteiger partial charge on any atom is -0.861 e. The van der Waals surface area contributed by atoms with Gasteiger partial charge in [-0.25, -0.2) is 0 Å². The number of aliphatic imine (C=N–C) groups is 2. The van der Waals surface area contributed by atoms with Crippen LogP contribution in [0.15, 0.2) is 95.0 Å². The van der Waals surface area contributed by atoms with Crippen LogP contribution in [-0.2, 0) is 25.3 Å². The van der Waals surface area contributed by atoms with E-state index in [4.69, 9.17) is 17.2 Å². The van der Waals surface area contributed by atoms with Gasteiger partial charge in [-0.2, -0.15) is 30.9 Å². The van der Waals surface area contributed by atoms with Crippen molar-refractivity contribution >= 4 is 28.4 Å². The summed E-state index contributed by atoms with van der Waals surface area (Å²) < 4.78 is 82.0. The molecule has 0 spiro atoms. The molecule has 9 nitrogen and oxygen atoms in total. The molecular weight excluding hydrogens is 700 g/mol. The molecule has 0 amide bonds. The number of benzene rings is 3. The van der Waals surface area contributed by atoms with Crippen molar-refractivity contribution in [3.05, 3.63) is 107 Å².